The van der Waals surface area contributed by atoms with Crippen molar-refractivity contribution < 1.29 is 13.9 Å². The first-order chi connectivity index (χ1) is 10.7. The van der Waals surface area contributed by atoms with Crippen molar-refractivity contribution in [2.45, 2.75) is 6.10 Å². The number of furan rings is 1. The lowest BCUT2D eigenvalue weighted by atomic mass is 10.00. The molecule has 108 valence electrons. The first kappa shape index (κ1) is 13.0. The number of hydrogen-bond acceptors (Lipinski definition) is 2. The summed E-state index contributed by atoms with van der Waals surface area (Å²) in [6.07, 6.45) is -1.01. The van der Waals surface area contributed by atoms with Crippen molar-refractivity contribution in [1.82, 2.24) is 0 Å². The standard InChI is InChI=1S/C19H13FO2/c20-16-7-3-1-6-15(16)19(21)12-9-10-14-13-5-2-4-8-17(13)22-18(14)11-12/h1-11,19,21H/t19-/m0/s1. The molecule has 3 heteroatoms. The van der Waals surface area contributed by atoms with Gasteiger partial charge in [-0.25, -0.2) is 4.39 Å². The molecule has 0 aliphatic carbocycles. The van der Waals surface area contributed by atoms with Gasteiger partial charge in [0, 0.05) is 16.3 Å². The van der Waals surface area contributed by atoms with Gasteiger partial charge in [-0.2, -0.15) is 0 Å². The molecule has 4 aromatic rings. The quantitative estimate of drug-likeness (QED) is 0.575. The summed E-state index contributed by atoms with van der Waals surface area (Å²) in [5, 5.41) is 12.4. The van der Waals surface area contributed by atoms with Crippen LogP contribution in [0.3, 0.4) is 0 Å². The molecule has 0 fully saturated rings. The Morgan fingerprint density at radius 1 is 0.818 bits per heavy atom. The van der Waals surface area contributed by atoms with Crippen LogP contribution in [0.2, 0.25) is 0 Å². The van der Waals surface area contributed by atoms with E-state index in [2.05, 4.69) is 0 Å². The molecule has 0 spiro atoms. The van der Waals surface area contributed by atoms with E-state index in [1.807, 2.05) is 30.3 Å². The van der Waals surface area contributed by atoms with E-state index in [9.17, 15) is 9.50 Å². The van der Waals surface area contributed by atoms with Crippen LogP contribution in [-0.2, 0) is 0 Å². The Hall–Kier alpha value is -2.65. The molecule has 0 aliphatic heterocycles. The molecule has 3 aromatic carbocycles. The zero-order valence-electron chi connectivity index (χ0n) is 11.7. The van der Waals surface area contributed by atoms with Crippen LogP contribution in [0.4, 0.5) is 4.39 Å². The van der Waals surface area contributed by atoms with Crippen LogP contribution in [0.15, 0.2) is 71.1 Å². The lowest BCUT2D eigenvalue weighted by Gasteiger charge is -2.12. The normalized spacial score (nSPS) is 12.8. The van der Waals surface area contributed by atoms with E-state index in [-0.39, 0.29) is 5.56 Å². The predicted octanol–water partition coefficient (Wildman–Crippen LogP) is 4.81. The number of hydrogen-bond donors (Lipinski definition) is 1. The molecule has 0 radical (unpaired) electrons. The average molecular weight is 292 g/mol. The Morgan fingerprint density at radius 3 is 2.41 bits per heavy atom. The fraction of sp³-hybridized carbons (Fsp3) is 0.0526. The van der Waals surface area contributed by atoms with Crippen LogP contribution in [-0.4, -0.2) is 5.11 Å². The van der Waals surface area contributed by atoms with E-state index in [4.69, 9.17) is 4.42 Å². The number of halogens is 1. The molecule has 0 aliphatic rings. The summed E-state index contributed by atoms with van der Waals surface area (Å²) in [6.45, 7) is 0. The van der Waals surface area contributed by atoms with E-state index in [0.29, 0.717) is 11.1 Å². The first-order valence-corrected chi connectivity index (χ1v) is 7.08. The second-order valence-corrected chi connectivity index (χ2v) is 5.28. The van der Waals surface area contributed by atoms with Crippen LogP contribution in [0, 0.1) is 5.82 Å². The Balaban J connectivity index is 1.86. The van der Waals surface area contributed by atoms with Crippen LogP contribution < -0.4 is 0 Å². The van der Waals surface area contributed by atoms with Crippen molar-refractivity contribution in [1.29, 1.82) is 0 Å². The number of benzene rings is 3. The second-order valence-electron chi connectivity index (χ2n) is 5.28. The minimum absolute atomic E-state index is 0.262. The third-order valence-corrected chi connectivity index (χ3v) is 3.92. The van der Waals surface area contributed by atoms with E-state index in [1.54, 1.807) is 30.3 Å². The molecule has 1 heterocycles. The molecule has 0 amide bonds. The monoisotopic (exact) mass is 292 g/mol. The Labute approximate surface area is 126 Å². The van der Waals surface area contributed by atoms with Crippen LogP contribution in [0.25, 0.3) is 21.9 Å². The zero-order chi connectivity index (χ0) is 15.1. The minimum atomic E-state index is -1.01. The fourth-order valence-corrected chi connectivity index (χ4v) is 2.79. The van der Waals surface area contributed by atoms with Crippen LogP contribution >= 0.6 is 0 Å². The van der Waals surface area contributed by atoms with Gasteiger partial charge in [-0.3, -0.25) is 0 Å². The molecule has 0 unspecified atom stereocenters. The van der Waals surface area contributed by atoms with Gasteiger partial charge >= 0.3 is 0 Å². The summed E-state index contributed by atoms with van der Waals surface area (Å²) in [6, 6.07) is 19.5. The van der Waals surface area contributed by atoms with Crippen molar-refractivity contribution in [2.24, 2.45) is 0 Å². The van der Waals surface area contributed by atoms with Gasteiger partial charge in [0.15, 0.2) is 0 Å². The molecular weight excluding hydrogens is 279 g/mol. The first-order valence-electron chi connectivity index (χ1n) is 7.08. The van der Waals surface area contributed by atoms with Gasteiger partial charge in [-0.05, 0) is 23.8 Å². The Bertz CT molecular complexity index is 971. The Morgan fingerprint density at radius 2 is 1.55 bits per heavy atom. The lowest BCUT2D eigenvalue weighted by molar-refractivity contribution is 0.215. The maximum Gasteiger partial charge on any atom is 0.135 e. The average Bonchev–Trinajstić information content (AvgIpc) is 2.92. The SMILES string of the molecule is O[C@@H](c1ccc2c(c1)oc1ccccc12)c1ccccc1F. The fourth-order valence-electron chi connectivity index (χ4n) is 2.79. The topological polar surface area (TPSA) is 33.4 Å². The van der Waals surface area contributed by atoms with E-state index >= 15 is 0 Å². The third-order valence-electron chi connectivity index (χ3n) is 3.92. The summed E-state index contributed by atoms with van der Waals surface area (Å²) in [7, 11) is 0. The highest BCUT2D eigenvalue weighted by Gasteiger charge is 2.16. The summed E-state index contributed by atoms with van der Waals surface area (Å²) < 4.78 is 19.6. The molecule has 0 saturated carbocycles. The minimum Gasteiger partial charge on any atom is -0.456 e. The van der Waals surface area contributed by atoms with Crippen molar-refractivity contribution in [3.8, 4) is 0 Å². The largest absolute Gasteiger partial charge is 0.456 e. The zero-order valence-corrected chi connectivity index (χ0v) is 11.7. The number of fused-ring (bicyclic) bond motifs is 3. The molecule has 2 nitrogen and oxygen atoms in total. The third kappa shape index (κ3) is 1.98. The summed E-state index contributed by atoms with van der Waals surface area (Å²) >= 11 is 0. The molecule has 4 rings (SSSR count). The van der Waals surface area contributed by atoms with Crippen molar-refractivity contribution >= 4 is 21.9 Å². The number of para-hydroxylation sites is 1. The van der Waals surface area contributed by atoms with E-state index in [0.717, 1.165) is 16.4 Å². The van der Waals surface area contributed by atoms with Gasteiger partial charge in [0.2, 0.25) is 0 Å². The summed E-state index contributed by atoms with van der Waals surface area (Å²) in [4.78, 5) is 0. The van der Waals surface area contributed by atoms with E-state index < -0.39 is 11.9 Å². The van der Waals surface area contributed by atoms with Gasteiger partial charge in [-0.1, -0.05) is 48.5 Å². The van der Waals surface area contributed by atoms with Crippen LogP contribution in [0.1, 0.15) is 17.2 Å². The Kier molecular flexibility index (Phi) is 2.94. The molecule has 22 heavy (non-hydrogen) atoms. The summed E-state index contributed by atoms with van der Waals surface area (Å²) in [5.74, 6) is -0.417. The number of rotatable bonds is 2. The maximum atomic E-state index is 13.8. The van der Waals surface area contributed by atoms with Crippen molar-refractivity contribution in [2.75, 3.05) is 0 Å². The molecule has 1 atom stereocenters. The van der Waals surface area contributed by atoms with Gasteiger partial charge in [0.05, 0.1) is 0 Å². The predicted molar refractivity (Wildman–Crippen MR) is 84.2 cm³/mol. The maximum absolute atomic E-state index is 13.8. The second kappa shape index (κ2) is 4.97. The highest BCUT2D eigenvalue weighted by atomic mass is 19.1. The van der Waals surface area contributed by atoms with Crippen molar-refractivity contribution in [3.05, 3.63) is 83.7 Å². The van der Waals surface area contributed by atoms with Gasteiger partial charge < -0.3 is 9.52 Å². The lowest BCUT2D eigenvalue weighted by Crippen LogP contribution is -2.02. The number of aliphatic hydroxyl groups is 1. The molecule has 1 N–H and O–H groups in total. The smallest absolute Gasteiger partial charge is 0.135 e. The molecular formula is C19H13FO2. The van der Waals surface area contributed by atoms with Gasteiger partial charge in [-0.15, -0.1) is 0 Å². The molecule has 0 saturated heterocycles. The van der Waals surface area contributed by atoms with E-state index in [1.165, 1.54) is 6.07 Å². The highest BCUT2D eigenvalue weighted by molar-refractivity contribution is 6.04. The van der Waals surface area contributed by atoms with Gasteiger partial charge in [0.1, 0.15) is 23.1 Å². The van der Waals surface area contributed by atoms with Crippen LogP contribution in [0.5, 0.6) is 0 Å². The van der Waals surface area contributed by atoms with Gasteiger partial charge in [0.25, 0.3) is 0 Å². The molecule has 1 aromatic heterocycles. The number of aliphatic hydroxyl groups excluding tert-OH is 1. The molecule has 0 bridgehead atoms. The highest BCUT2D eigenvalue weighted by Crippen LogP contribution is 2.32. The summed E-state index contributed by atoms with van der Waals surface area (Å²) in [5.41, 5.74) is 2.36. The van der Waals surface area contributed by atoms with Crippen molar-refractivity contribution in [3.63, 3.8) is 0 Å².